The highest BCUT2D eigenvalue weighted by molar-refractivity contribution is 5.53. The maximum atomic E-state index is 10.4. The van der Waals surface area contributed by atoms with Crippen LogP contribution in [0.5, 0.6) is 0 Å². The van der Waals surface area contributed by atoms with Crippen molar-refractivity contribution in [1.82, 2.24) is 4.90 Å². The van der Waals surface area contributed by atoms with Crippen LogP contribution < -0.4 is 0 Å². The summed E-state index contributed by atoms with van der Waals surface area (Å²) < 4.78 is 0. The van der Waals surface area contributed by atoms with Crippen molar-refractivity contribution >= 4 is 6.29 Å². The molecule has 0 aromatic carbocycles. The third-order valence-corrected chi connectivity index (χ3v) is 2.18. The Balaban J connectivity index is 2.31. The first-order valence-electron chi connectivity index (χ1n) is 4.04. The number of hydrogen-bond acceptors (Lipinski definition) is 2. The van der Waals surface area contributed by atoms with E-state index >= 15 is 0 Å². The second-order valence-electron chi connectivity index (χ2n) is 2.93. The molecule has 10 heavy (non-hydrogen) atoms. The first kappa shape index (κ1) is 7.73. The van der Waals surface area contributed by atoms with Crippen molar-refractivity contribution in [2.75, 3.05) is 19.6 Å². The number of carbonyl (C=O) groups excluding carboxylic acids is 1. The standard InChI is InChI=1S/C8H15NO/c1-2-9-5-3-4-8(6-9)7-10/h7-8H,2-6H2,1H3. The zero-order valence-electron chi connectivity index (χ0n) is 6.55. The first-order valence-corrected chi connectivity index (χ1v) is 4.04. The SMILES string of the molecule is CCN1CCCC(C=O)C1. The fourth-order valence-corrected chi connectivity index (χ4v) is 1.49. The molecule has 1 aliphatic heterocycles. The van der Waals surface area contributed by atoms with Gasteiger partial charge in [-0.2, -0.15) is 0 Å². The van der Waals surface area contributed by atoms with Gasteiger partial charge in [0.15, 0.2) is 0 Å². The van der Waals surface area contributed by atoms with Crippen LogP contribution in [0.15, 0.2) is 0 Å². The van der Waals surface area contributed by atoms with E-state index in [0.29, 0.717) is 5.92 Å². The van der Waals surface area contributed by atoms with E-state index in [9.17, 15) is 4.79 Å². The Morgan fingerprint density at radius 1 is 1.70 bits per heavy atom. The molecule has 1 aliphatic rings. The summed E-state index contributed by atoms with van der Waals surface area (Å²) in [5.74, 6) is 0.314. The number of piperidine rings is 1. The topological polar surface area (TPSA) is 20.3 Å². The van der Waals surface area contributed by atoms with Crippen molar-refractivity contribution < 1.29 is 4.79 Å². The molecule has 1 fully saturated rings. The molecule has 2 heteroatoms. The lowest BCUT2D eigenvalue weighted by molar-refractivity contribution is -0.112. The smallest absolute Gasteiger partial charge is 0.124 e. The van der Waals surface area contributed by atoms with Crippen LogP contribution in [0, 0.1) is 5.92 Å². The van der Waals surface area contributed by atoms with E-state index in [1.807, 2.05) is 0 Å². The van der Waals surface area contributed by atoms with Gasteiger partial charge in [0.05, 0.1) is 0 Å². The fourth-order valence-electron chi connectivity index (χ4n) is 1.49. The normalized spacial score (nSPS) is 28.3. The minimum absolute atomic E-state index is 0.314. The highest BCUT2D eigenvalue weighted by atomic mass is 16.1. The summed E-state index contributed by atoms with van der Waals surface area (Å²) >= 11 is 0. The third kappa shape index (κ3) is 1.81. The summed E-state index contributed by atoms with van der Waals surface area (Å²) in [5.41, 5.74) is 0. The minimum atomic E-state index is 0.314. The van der Waals surface area contributed by atoms with E-state index in [0.717, 1.165) is 25.8 Å². The van der Waals surface area contributed by atoms with E-state index in [-0.39, 0.29) is 0 Å². The molecular weight excluding hydrogens is 126 g/mol. The van der Waals surface area contributed by atoms with E-state index in [4.69, 9.17) is 0 Å². The predicted octanol–water partition coefficient (Wildman–Crippen LogP) is 0.917. The van der Waals surface area contributed by atoms with Gasteiger partial charge in [-0.1, -0.05) is 6.92 Å². The minimum Gasteiger partial charge on any atom is -0.303 e. The van der Waals surface area contributed by atoms with Crippen LogP contribution in [-0.4, -0.2) is 30.8 Å². The number of rotatable bonds is 2. The molecule has 0 spiro atoms. The molecule has 0 aromatic heterocycles. The maximum Gasteiger partial charge on any atom is 0.124 e. The van der Waals surface area contributed by atoms with E-state index in [1.165, 1.54) is 13.0 Å². The molecular formula is C8H15NO. The molecule has 1 heterocycles. The van der Waals surface area contributed by atoms with Gasteiger partial charge < -0.3 is 9.69 Å². The second-order valence-corrected chi connectivity index (χ2v) is 2.93. The van der Waals surface area contributed by atoms with Gasteiger partial charge in [-0.15, -0.1) is 0 Å². The van der Waals surface area contributed by atoms with E-state index in [2.05, 4.69) is 11.8 Å². The van der Waals surface area contributed by atoms with Gasteiger partial charge in [-0.05, 0) is 25.9 Å². The highest BCUT2D eigenvalue weighted by Gasteiger charge is 2.16. The molecule has 1 rings (SSSR count). The van der Waals surface area contributed by atoms with Crippen LogP contribution in [0.25, 0.3) is 0 Å². The lowest BCUT2D eigenvalue weighted by Crippen LogP contribution is -2.35. The number of aldehydes is 1. The van der Waals surface area contributed by atoms with Crippen molar-refractivity contribution in [2.24, 2.45) is 5.92 Å². The summed E-state index contributed by atoms with van der Waals surface area (Å²) in [7, 11) is 0. The summed E-state index contributed by atoms with van der Waals surface area (Å²) in [6.45, 7) is 5.40. The van der Waals surface area contributed by atoms with Gasteiger partial charge >= 0.3 is 0 Å². The van der Waals surface area contributed by atoms with E-state index in [1.54, 1.807) is 0 Å². The molecule has 2 nitrogen and oxygen atoms in total. The maximum absolute atomic E-state index is 10.4. The first-order chi connectivity index (χ1) is 4.86. The van der Waals surface area contributed by atoms with Crippen molar-refractivity contribution in [3.8, 4) is 0 Å². The van der Waals surface area contributed by atoms with Gasteiger partial charge in [0.2, 0.25) is 0 Å². The average Bonchev–Trinajstić information content (AvgIpc) is 2.05. The zero-order valence-corrected chi connectivity index (χ0v) is 6.55. The quantitative estimate of drug-likeness (QED) is 0.533. The van der Waals surface area contributed by atoms with Gasteiger partial charge in [0.25, 0.3) is 0 Å². The lowest BCUT2D eigenvalue weighted by Gasteiger charge is -2.28. The molecule has 0 bridgehead atoms. The van der Waals surface area contributed by atoms with Crippen molar-refractivity contribution in [3.63, 3.8) is 0 Å². The second kappa shape index (κ2) is 3.71. The van der Waals surface area contributed by atoms with Gasteiger partial charge in [-0.25, -0.2) is 0 Å². The monoisotopic (exact) mass is 141 g/mol. The van der Waals surface area contributed by atoms with Gasteiger partial charge in [0, 0.05) is 12.5 Å². The molecule has 0 saturated carbocycles. The lowest BCUT2D eigenvalue weighted by atomic mass is 10.00. The van der Waals surface area contributed by atoms with Crippen molar-refractivity contribution in [1.29, 1.82) is 0 Å². The Morgan fingerprint density at radius 2 is 2.50 bits per heavy atom. The Bertz CT molecular complexity index is 114. The summed E-state index contributed by atoms with van der Waals surface area (Å²) in [5, 5.41) is 0. The van der Waals surface area contributed by atoms with Crippen LogP contribution in [0.4, 0.5) is 0 Å². The Kier molecular flexibility index (Phi) is 2.87. The molecule has 58 valence electrons. The molecule has 0 aromatic rings. The molecule has 0 radical (unpaired) electrons. The molecule has 0 amide bonds. The number of hydrogen-bond donors (Lipinski definition) is 0. The number of nitrogens with zero attached hydrogens (tertiary/aromatic N) is 1. The van der Waals surface area contributed by atoms with Crippen LogP contribution >= 0.6 is 0 Å². The summed E-state index contributed by atoms with van der Waals surface area (Å²) in [6, 6.07) is 0. The molecule has 1 saturated heterocycles. The number of likely N-dealkylation sites (tertiary alicyclic amines) is 1. The van der Waals surface area contributed by atoms with Gasteiger partial charge in [0.1, 0.15) is 6.29 Å². The van der Waals surface area contributed by atoms with E-state index < -0.39 is 0 Å². The third-order valence-electron chi connectivity index (χ3n) is 2.18. The molecule has 0 N–H and O–H groups in total. The van der Waals surface area contributed by atoms with Crippen LogP contribution in [-0.2, 0) is 4.79 Å². The van der Waals surface area contributed by atoms with Crippen LogP contribution in [0.2, 0.25) is 0 Å². The Morgan fingerprint density at radius 3 is 3.10 bits per heavy atom. The number of carbonyl (C=O) groups is 1. The predicted molar refractivity (Wildman–Crippen MR) is 40.9 cm³/mol. The Labute approximate surface area is 62.2 Å². The zero-order chi connectivity index (χ0) is 7.40. The molecule has 0 aliphatic carbocycles. The van der Waals surface area contributed by atoms with Crippen molar-refractivity contribution in [2.45, 2.75) is 19.8 Å². The molecule has 1 atom stereocenters. The van der Waals surface area contributed by atoms with Crippen LogP contribution in [0.1, 0.15) is 19.8 Å². The van der Waals surface area contributed by atoms with Gasteiger partial charge in [-0.3, -0.25) is 0 Å². The highest BCUT2D eigenvalue weighted by Crippen LogP contribution is 2.13. The summed E-state index contributed by atoms with van der Waals surface area (Å²) in [6.07, 6.45) is 3.39. The fraction of sp³-hybridized carbons (Fsp3) is 0.875. The average molecular weight is 141 g/mol. The Hall–Kier alpha value is -0.370. The van der Waals surface area contributed by atoms with Crippen LogP contribution in [0.3, 0.4) is 0 Å². The van der Waals surface area contributed by atoms with Crippen molar-refractivity contribution in [3.05, 3.63) is 0 Å². The molecule has 1 unspecified atom stereocenters. The largest absolute Gasteiger partial charge is 0.303 e. The summed E-state index contributed by atoms with van der Waals surface area (Å²) in [4.78, 5) is 12.7.